The van der Waals surface area contributed by atoms with Gasteiger partial charge in [-0.05, 0) is 48.5 Å². The molecule has 0 unspecified atom stereocenters. The molecule has 4 rings (SSSR count). The Morgan fingerprint density at radius 2 is 1.88 bits per heavy atom. The number of benzene rings is 2. The molecule has 0 fully saturated rings. The molecule has 0 saturated carbocycles. The van der Waals surface area contributed by atoms with Crippen LogP contribution in [-0.2, 0) is 13.2 Å². The molecular weight excluding hydrogens is 423 g/mol. The van der Waals surface area contributed by atoms with Crippen LogP contribution in [0.2, 0.25) is 0 Å². The van der Waals surface area contributed by atoms with E-state index in [0.717, 1.165) is 12.1 Å². The Morgan fingerprint density at radius 1 is 1.06 bits per heavy atom. The van der Waals surface area contributed by atoms with E-state index < -0.39 is 17.6 Å². The zero-order chi connectivity index (χ0) is 22.9. The molecule has 2 aromatic heterocycles. The molecule has 1 N–H and O–H groups in total. The molecule has 2 aromatic carbocycles. The predicted octanol–water partition coefficient (Wildman–Crippen LogP) is 5.00. The van der Waals surface area contributed by atoms with Gasteiger partial charge in [0.2, 0.25) is 0 Å². The average Bonchev–Trinajstić information content (AvgIpc) is 2.77. The monoisotopic (exact) mass is 439 g/mol. The summed E-state index contributed by atoms with van der Waals surface area (Å²) < 4.78 is 46.1. The number of hydrogen-bond acceptors (Lipinski definition) is 4. The van der Waals surface area contributed by atoms with Gasteiger partial charge in [-0.3, -0.25) is 14.6 Å². The zero-order valence-corrected chi connectivity index (χ0v) is 16.7. The number of halogens is 3. The highest BCUT2D eigenvalue weighted by atomic mass is 19.4. The Balaban J connectivity index is 1.70. The second-order valence-corrected chi connectivity index (χ2v) is 6.96. The minimum absolute atomic E-state index is 0.132. The van der Waals surface area contributed by atoms with Gasteiger partial charge in [-0.1, -0.05) is 6.07 Å². The number of rotatable bonds is 4. The number of pyridine rings is 2. The third-order valence-electron chi connectivity index (χ3n) is 4.78. The average molecular weight is 439 g/mol. The fraction of sp³-hybridized carbons (Fsp3) is 0.0870. The van der Waals surface area contributed by atoms with Crippen molar-refractivity contribution in [3.05, 3.63) is 94.5 Å². The summed E-state index contributed by atoms with van der Waals surface area (Å²) in [4.78, 5) is 28.8. The largest absolute Gasteiger partial charge is 0.455 e. The van der Waals surface area contributed by atoms with E-state index >= 15 is 0 Å². The molecule has 0 saturated heterocycles. The predicted molar refractivity (Wildman–Crippen MR) is 113 cm³/mol. The summed E-state index contributed by atoms with van der Waals surface area (Å²) in [6.07, 6.45) is -1.48. The number of fused-ring (bicyclic) bond motifs is 1. The first kappa shape index (κ1) is 21.1. The lowest BCUT2D eigenvalue weighted by molar-refractivity contribution is -0.137. The van der Waals surface area contributed by atoms with Crippen LogP contribution in [0.4, 0.5) is 18.9 Å². The van der Waals surface area contributed by atoms with Gasteiger partial charge in [0.25, 0.3) is 11.5 Å². The lowest BCUT2D eigenvalue weighted by Gasteiger charge is -2.13. The highest BCUT2D eigenvalue weighted by Gasteiger charge is 2.30. The summed E-state index contributed by atoms with van der Waals surface area (Å²) in [7, 11) is 1.60. The first-order valence-corrected chi connectivity index (χ1v) is 9.43. The van der Waals surface area contributed by atoms with Crippen molar-refractivity contribution in [3.8, 4) is 11.5 Å². The number of carbonyl (C=O) groups excluding carboxylic acids is 1. The summed E-state index contributed by atoms with van der Waals surface area (Å²) in [6.45, 7) is 0. The molecule has 0 aliphatic rings. The number of nitrogens with zero attached hydrogens (tertiary/aromatic N) is 2. The highest BCUT2D eigenvalue weighted by Crippen LogP contribution is 2.31. The SMILES string of the molecule is Cn1c(=O)cc(Oc2cccnc2)c2cc(NC(=O)c3cccc(C(F)(F)F)c3)ccc21. The van der Waals surface area contributed by atoms with Crippen LogP contribution >= 0.6 is 0 Å². The van der Waals surface area contributed by atoms with Gasteiger partial charge in [0, 0.05) is 35.9 Å². The quantitative estimate of drug-likeness (QED) is 0.486. The number of hydrogen-bond donors (Lipinski definition) is 1. The summed E-state index contributed by atoms with van der Waals surface area (Å²) in [5.74, 6) is -0.0262. The van der Waals surface area contributed by atoms with Crippen molar-refractivity contribution in [2.45, 2.75) is 6.18 Å². The van der Waals surface area contributed by atoms with Crippen LogP contribution in [0.5, 0.6) is 11.5 Å². The molecule has 0 aliphatic heterocycles. The Morgan fingerprint density at radius 3 is 2.59 bits per heavy atom. The molecule has 9 heteroatoms. The number of ether oxygens (including phenoxy) is 1. The third-order valence-corrected chi connectivity index (χ3v) is 4.78. The molecule has 1 amide bonds. The van der Waals surface area contributed by atoms with E-state index in [1.165, 1.54) is 29.0 Å². The lowest BCUT2D eigenvalue weighted by atomic mass is 10.1. The molecule has 0 aliphatic carbocycles. The van der Waals surface area contributed by atoms with Crippen molar-refractivity contribution in [1.29, 1.82) is 0 Å². The molecule has 0 radical (unpaired) electrons. The molecular formula is C23H16F3N3O3. The number of nitrogens with one attached hydrogen (secondary N) is 1. The van der Waals surface area contributed by atoms with Crippen molar-refractivity contribution < 1.29 is 22.7 Å². The van der Waals surface area contributed by atoms with Crippen LogP contribution in [0, 0.1) is 0 Å². The fourth-order valence-electron chi connectivity index (χ4n) is 3.17. The first-order valence-electron chi connectivity index (χ1n) is 9.43. The number of alkyl halides is 3. The first-order chi connectivity index (χ1) is 15.2. The van der Waals surface area contributed by atoms with E-state index in [2.05, 4.69) is 10.3 Å². The Bertz CT molecular complexity index is 1370. The molecule has 6 nitrogen and oxygen atoms in total. The van der Waals surface area contributed by atoms with Gasteiger partial charge in [-0.25, -0.2) is 0 Å². The van der Waals surface area contributed by atoms with Gasteiger partial charge in [-0.15, -0.1) is 0 Å². The Kier molecular flexibility index (Phi) is 5.40. The maximum absolute atomic E-state index is 12.9. The minimum Gasteiger partial charge on any atom is -0.455 e. The Hall–Kier alpha value is -4.14. The molecule has 2 heterocycles. The van der Waals surface area contributed by atoms with Gasteiger partial charge in [0.15, 0.2) is 0 Å². The number of aromatic nitrogens is 2. The number of carbonyl (C=O) groups is 1. The van der Waals surface area contributed by atoms with Crippen molar-refractivity contribution in [3.63, 3.8) is 0 Å². The summed E-state index contributed by atoms with van der Waals surface area (Å²) >= 11 is 0. The topological polar surface area (TPSA) is 73.2 Å². The van der Waals surface area contributed by atoms with E-state index in [-0.39, 0.29) is 16.9 Å². The smallest absolute Gasteiger partial charge is 0.416 e. The fourth-order valence-corrected chi connectivity index (χ4v) is 3.17. The summed E-state index contributed by atoms with van der Waals surface area (Å²) in [6, 6.07) is 13.6. The van der Waals surface area contributed by atoms with Crippen LogP contribution in [0.3, 0.4) is 0 Å². The van der Waals surface area contributed by atoms with E-state index in [0.29, 0.717) is 22.3 Å². The van der Waals surface area contributed by atoms with Gasteiger partial charge >= 0.3 is 6.18 Å². The van der Waals surface area contributed by atoms with Crippen LogP contribution in [0.15, 0.2) is 77.9 Å². The van der Waals surface area contributed by atoms with Crippen LogP contribution in [0.1, 0.15) is 15.9 Å². The standard InChI is InChI=1S/C23H16F3N3O3/c1-29-19-8-7-16(28-22(31)14-4-2-5-15(10-14)23(24,25)26)11-18(19)20(12-21(29)30)32-17-6-3-9-27-13-17/h2-13H,1H3,(H,28,31). The van der Waals surface area contributed by atoms with Crippen LogP contribution in [-0.4, -0.2) is 15.5 Å². The van der Waals surface area contributed by atoms with Crippen LogP contribution in [0.25, 0.3) is 10.9 Å². The second kappa shape index (κ2) is 8.18. The van der Waals surface area contributed by atoms with Crippen molar-refractivity contribution in [1.82, 2.24) is 9.55 Å². The second-order valence-electron chi connectivity index (χ2n) is 6.96. The number of aryl methyl sites for hydroxylation is 1. The maximum Gasteiger partial charge on any atom is 0.416 e. The van der Waals surface area contributed by atoms with Gasteiger partial charge in [0.1, 0.15) is 11.5 Å². The zero-order valence-electron chi connectivity index (χ0n) is 16.7. The van der Waals surface area contributed by atoms with Crippen molar-refractivity contribution >= 4 is 22.5 Å². The number of anilines is 1. The minimum atomic E-state index is -4.55. The van der Waals surface area contributed by atoms with E-state index in [1.807, 2.05) is 0 Å². The van der Waals surface area contributed by atoms with E-state index in [4.69, 9.17) is 4.74 Å². The van der Waals surface area contributed by atoms with Crippen LogP contribution < -0.4 is 15.6 Å². The van der Waals surface area contributed by atoms with Crippen molar-refractivity contribution in [2.75, 3.05) is 5.32 Å². The van der Waals surface area contributed by atoms with Crippen molar-refractivity contribution in [2.24, 2.45) is 7.05 Å². The van der Waals surface area contributed by atoms with Gasteiger partial charge < -0.3 is 14.6 Å². The van der Waals surface area contributed by atoms with E-state index in [1.54, 1.807) is 43.6 Å². The molecule has 32 heavy (non-hydrogen) atoms. The highest BCUT2D eigenvalue weighted by molar-refractivity contribution is 6.05. The van der Waals surface area contributed by atoms with Gasteiger partial charge in [0.05, 0.1) is 17.3 Å². The molecule has 0 spiro atoms. The Labute approximate surface area is 179 Å². The third kappa shape index (κ3) is 4.31. The molecule has 0 bridgehead atoms. The van der Waals surface area contributed by atoms with Gasteiger partial charge in [-0.2, -0.15) is 13.2 Å². The van der Waals surface area contributed by atoms with E-state index in [9.17, 15) is 22.8 Å². The molecule has 162 valence electrons. The molecule has 0 atom stereocenters. The number of amides is 1. The lowest BCUT2D eigenvalue weighted by Crippen LogP contribution is -2.17. The molecule has 4 aromatic rings. The summed E-state index contributed by atoms with van der Waals surface area (Å²) in [5.41, 5.74) is -0.460. The summed E-state index contributed by atoms with van der Waals surface area (Å²) in [5, 5.41) is 3.12. The maximum atomic E-state index is 12.9. The normalized spacial score (nSPS) is 11.4.